The first kappa shape index (κ1) is 14.2. The van der Waals surface area contributed by atoms with Crippen LogP contribution in [0.2, 0.25) is 0 Å². The van der Waals surface area contributed by atoms with Gasteiger partial charge < -0.3 is 0 Å². The van der Waals surface area contributed by atoms with Crippen molar-refractivity contribution in [2.45, 2.75) is 71.1 Å². The van der Waals surface area contributed by atoms with E-state index in [1.807, 2.05) is 5.92 Å². The molecule has 0 spiro atoms. The molecule has 2 saturated carbocycles. The highest BCUT2D eigenvalue weighted by Gasteiger charge is 2.30. The van der Waals surface area contributed by atoms with Gasteiger partial charge in [0.25, 0.3) is 0 Å². The third-order valence-corrected chi connectivity index (χ3v) is 5.59. The van der Waals surface area contributed by atoms with Crippen LogP contribution in [0.5, 0.6) is 0 Å². The second kappa shape index (κ2) is 6.33. The maximum atomic E-state index is 2.35. The fourth-order valence-electron chi connectivity index (χ4n) is 4.09. The van der Waals surface area contributed by atoms with Crippen LogP contribution >= 0.6 is 0 Å². The van der Waals surface area contributed by atoms with Gasteiger partial charge in [-0.15, -0.1) is 0 Å². The molecular weight excluding hydrogens is 240 g/mol. The van der Waals surface area contributed by atoms with E-state index in [1.165, 1.54) is 56.9 Å². The quantitative estimate of drug-likeness (QED) is 0.616. The normalized spacial score (nSPS) is 24.1. The van der Waals surface area contributed by atoms with Gasteiger partial charge >= 0.3 is 0 Å². The molecule has 0 unspecified atom stereocenters. The Morgan fingerprint density at radius 3 is 1.85 bits per heavy atom. The summed E-state index contributed by atoms with van der Waals surface area (Å²) in [4.78, 5) is 0. The third-order valence-electron chi connectivity index (χ3n) is 5.59. The maximum absolute atomic E-state index is 2.35. The molecule has 0 atom stereocenters. The molecule has 3 rings (SSSR count). The monoisotopic (exact) mass is 268 g/mol. The van der Waals surface area contributed by atoms with Crippen LogP contribution in [0.25, 0.3) is 0 Å². The van der Waals surface area contributed by atoms with Crippen molar-refractivity contribution in [3.8, 4) is 0 Å². The molecule has 2 aliphatic rings. The molecule has 0 bridgehead atoms. The lowest BCUT2D eigenvalue weighted by molar-refractivity contribution is 0.324. The Morgan fingerprint density at radius 1 is 0.700 bits per heavy atom. The summed E-state index contributed by atoms with van der Waals surface area (Å²) < 4.78 is 0. The minimum absolute atomic E-state index is 0.816. The first-order valence-electron chi connectivity index (χ1n) is 8.45. The molecule has 0 N–H and O–H groups in total. The molecule has 0 heteroatoms. The van der Waals surface area contributed by atoms with Gasteiger partial charge in [0.1, 0.15) is 0 Å². The van der Waals surface area contributed by atoms with Gasteiger partial charge in [-0.1, -0.05) is 36.8 Å². The summed E-state index contributed by atoms with van der Waals surface area (Å²) in [5.41, 5.74) is 2.95. The average Bonchev–Trinajstić information content (AvgIpc) is 2.49. The predicted octanol–water partition coefficient (Wildman–Crippen LogP) is 6.01. The highest BCUT2D eigenvalue weighted by molar-refractivity contribution is 5.25. The molecule has 2 fully saturated rings. The van der Waals surface area contributed by atoms with Crippen molar-refractivity contribution in [2.24, 2.45) is 5.92 Å². The van der Waals surface area contributed by atoms with Crippen molar-refractivity contribution >= 4 is 0 Å². The average molecular weight is 268 g/mol. The van der Waals surface area contributed by atoms with Crippen molar-refractivity contribution in [3.63, 3.8) is 0 Å². The predicted molar refractivity (Wildman–Crippen MR) is 86.5 cm³/mol. The molecule has 1 aromatic carbocycles. The summed E-state index contributed by atoms with van der Waals surface area (Å²) in [6.07, 6.45) is 11.2. The van der Waals surface area contributed by atoms with Crippen molar-refractivity contribution in [3.05, 3.63) is 47.2 Å². The summed E-state index contributed by atoms with van der Waals surface area (Å²) >= 11 is 0. The van der Waals surface area contributed by atoms with Gasteiger partial charge in [0, 0.05) is 0 Å². The van der Waals surface area contributed by atoms with Gasteiger partial charge in [-0.25, -0.2) is 0 Å². The minimum atomic E-state index is 0.816. The zero-order valence-corrected chi connectivity index (χ0v) is 13.1. The molecule has 0 amide bonds. The van der Waals surface area contributed by atoms with E-state index in [0.29, 0.717) is 0 Å². The van der Waals surface area contributed by atoms with Crippen LogP contribution in [-0.2, 0) is 0 Å². The van der Waals surface area contributed by atoms with Crippen LogP contribution in [-0.4, -0.2) is 0 Å². The van der Waals surface area contributed by atoms with Gasteiger partial charge in [0.05, 0.1) is 0 Å². The molecular formula is C20H28. The van der Waals surface area contributed by atoms with Crippen molar-refractivity contribution in [2.75, 3.05) is 0 Å². The molecule has 108 valence electrons. The fourth-order valence-corrected chi connectivity index (χ4v) is 4.09. The molecule has 0 heterocycles. The van der Waals surface area contributed by atoms with E-state index < -0.39 is 0 Å². The van der Waals surface area contributed by atoms with E-state index in [4.69, 9.17) is 0 Å². The zero-order valence-electron chi connectivity index (χ0n) is 13.1. The number of hydrogen-bond donors (Lipinski definition) is 0. The Balaban J connectivity index is 1.53. The van der Waals surface area contributed by atoms with Crippen LogP contribution in [0.4, 0.5) is 0 Å². The largest absolute Gasteiger partial charge is 0.0591 e. The first-order valence-corrected chi connectivity index (χ1v) is 8.45. The van der Waals surface area contributed by atoms with Crippen LogP contribution in [0.3, 0.4) is 0 Å². The molecule has 2 aliphatic carbocycles. The van der Waals surface area contributed by atoms with E-state index in [1.54, 1.807) is 11.5 Å². The zero-order chi connectivity index (χ0) is 13.9. The van der Waals surface area contributed by atoms with E-state index >= 15 is 0 Å². The lowest BCUT2D eigenvalue weighted by atomic mass is 9.68. The van der Waals surface area contributed by atoms with Crippen molar-refractivity contribution in [1.82, 2.24) is 0 Å². The Morgan fingerprint density at radius 2 is 1.25 bits per heavy atom. The molecule has 1 aromatic rings. The molecule has 20 heavy (non-hydrogen) atoms. The Hall–Kier alpha value is -0.780. The minimum Gasteiger partial charge on any atom is -0.0591 e. The Bertz CT molecular complexity index is 400. The number of aryl methyl sites for hydroxylation is 1. The first-order chi connectivity index (χ1) is 9.72. The summed E-state index contributed by atoms with van der Waals surface area (Å²) in [5, 5.41) is 0. The summed E-state index contributed by atoms with van der Waals surface area (Å²) in [5.74, 6) is 5.41. The summed E-state index contributed by atoms with van der Waals surface area (Å²) in [6, 6.07) is 9.25. The lowest BCUT2D eigenvalue weighted by Gasteiger charge is -2.36. The van der Waals surface area contributed by atoms with E-state index in [2.05, 4.69) is 38.1 Å². The Kier molecular flexibility index (Phi) is 4.48. The molecule has 0 aromatic heterocycles. The third kappa shape index (κ3) is 3.27. The SMILES string of the molecule is C[C]1CCC([C]2CCC(c3ccc(C)cc3)CC2)CC1. The van der Waals surface area contributed by atoms with Gasteiger partial charge in [-0.05, 0) is 87.5 Å². The van der Waals surface area contributed by atoms with Gasteiger partial charge in [-0.3, -0.25) is 0 Å². The van der Waals surface area contributed by atoms with Gasteiger partial charge in [0.2, 0.25) is 0 Å². The lowest BCUT2D eigenvalue weighted by Crippen LogP contribution is -2.22. The molecule has 0 aliphatic heterocycles. The number of hydrogen-bond acceptors (Lipinski definition) is 0. The van der Waals surface area contributed by atoms with E-state index in [9.17, 15) is 0 Å². The molecule has 0 nitrogen and oxygen atoms in total. The Labute approximate surface area is 125 Å². The van der Waals surface area contributed by atoms with Gasteiger partial charge in [0.15, 0.2) is 0 Å². The molecule has 0 saturated heterocycles. The van der Waals surface area contributed by atoms with E-state index in [-0.39, 0.29) is 0 Å². The van der Waals surface area contributed by atoms with Crippen LogP contribution in [0, 0.1) is 24.7 Å². The van der Waals surface area contributed by atoms with Gasteiger partial charge in [-0.2, -0.15) is 0 Å². The topological polar surface area (TPSA) is 0 Å². The number of benzene rings is 1. The van der Waals surface area contributed by atoms with Crippen molar-refractivity contribution in [1.29, 1.82) is 0 Å². The van der Waals surface area contributed by atoms with E-state index in [0.717, 1.165) is 11.8 Å². The highest BCUT2D eigenvalue weighted by Crippen LogP contribution is 2.45. The smallest absolute Gasteiger partial charge is 0.0162 e. The number of rotatable bonds is 2. The van der Waals surface area contributed by atoms with Crippen LogP contribution in [0.1, 0.15) is 75.3 Å². The van der Waals surface area contributed by atoms with Crippen LogP contribution in [0.15, 0.2) is 24.3 Å². The fraction of sp³-hybridized carbons (Fsp3) is 0.600. The second-order valence-corrected chi connectivity index (χ2v) is 7.07. The maximum Gasteiger partial charge on any atom is -0.0162 e. The molecule has 2 radical (unpaired) electrons. The van der Waals surface area contributed by atoms with Crippen molar-refractivity contribution < 1.29 is 0 Å². The highest BCUT2D eigenvalue weighted by atomic mass is 14.4. The summed E-state index contributed by atoms with van der Waals surface area (Å²) in [6.45, 7) is 4.52. The second-order valence-electron chi connectivity index (χ2n) is 7.07. The standard InChI is InChI=1S/C20H28/c1-15-3-7-17(8-4-15)19-11-13-20(14-12-19)18-9-5-16(2)6-10-18/h3-4,7-8,18-19H,5-6,9-14H2,1-2H3. The summed E-state index contributed by atoms with van der Waals surface area (Å²) in [7, 11) is 0. The van der Waals surface area contributed by atoms with Crippen LogP contribution < -0.4 is 0 Å².